The van der Waals surface area contributed by atoms with Gasteiger partial charge in [-0.3, -0.25) is 9.69 Å². The Morgan fingerprint density at radius 3 is 2.30 bits per heavy atom. The molecular weight excluding hydrogens is 254 g/mol. The van der Waals surface area contributed by atoms with E-state index >= 15 is 0 Å². The number of amides is 1. The number of hydrogen-bond donors (Lipinski definition) is 1. The van der Waals surface area contributed by atoms with Crippen LogP contribution in [0.25, 0.3) is 0 Å². The zero-order valence-corrected chi connectivity index (χ0v) is 13.5. The second-order valence-electron chi connectivity index (χ2n) is 5.76. The molecule has 1 amide bonds. The van der Waals surface area contributed by atoms with Crippen molar-refractivity contribution in [2.45, 2.75) is 51.7 Å². The number of piperazine rings is 1. The lowest BCUT2D eigenvalue weighted by Crippen LogP contribution is -2.57. The molecule has 1 aliphatic rings. The van der Waals surface area contributed by atoms with Crippen LogP contribution in [-0.4, -0.2) is 67.2 Å². The molecule has 1 fully saturated rings. The van der Waals surface area contributed by atoms with E-state index in [1.54, 1.807) is 7.11 Å². The third kappa shape index (κ3) is 3.93. The predicted molar refractivity (Wildman–Crippen MR) is 81.6 cm³/mol. The van der Waals surface area contributed by atoms with Crippen molar-refractivity contribution in [2.24, 2.45) is 5.73 Å². The van der Waals surface area contributed by atoms with Crippen molar-refractivity contribution in [3.8, 4) is 0 Å². The van der Waals surface area contributed by atoms with Crippen molar-refractivity contribution in [1.29, 1.82) is 0 Å². The molecule has 2 atom stereocenters. The zero-order chi connectivity index (χ0) is 15.2. The number of nitrogens with zero attached hydrogens (tertiary/aromatic N) is 2. The minimum absolute atomic E-state index is 0.119. The van der Waals surface area contributed by atoms with Crippen LogP contribution in [-0.2, 0) is 9.53 Å². The number of nitrogens with two attached hydrogens (primary N) is 1. The molecule has 118 valence electrons. The summed E-state index contributed by atoms with van der Waals surface area (Å²) in [6.07, 6.45) is 2.86. The van der Waals surface area contributed by atoms with Gasteiger partial charge in [0.25, 0.3) is 5.91 Å². The van der Waals surface area contributed by atoms with Gasteiger partial charge in [-0.2, -0.15) is 0 Å². The fourth-order valence-electron chi connectivity index (χ4n) is 2.84. The fraction of sp³-hybridized carbons (Fsp3) is 0.933. The minimum atomic E-state index is -0.677. The average Bonchev–Trinajstić information content (AvgIpc) is 2.51. The number of ether oxygens (including phenoxy) is 1. The summed E-state index contributed by atoms with van der Waals surface area (Å²) in [7, 11) is 1.62. The Balaban J connectivity index is 2.55. The zero-order valence-electron chi connectivity index (χ0n) is 13.5. The number of methoxy groups -OCH3 is 1. The minimum Gasteiger partial charge on any atom is -0.369 e. The summed E-state index contributed by atoms with van der Waals surface area (Å²) in [6.45, 7) is 10.3. The summed E-state index contributed by atoms with van der Waals surface area (Å²) in [5.74, 6) is 0.119. The Labute approximate surface area is 123 Å². The molecule has 0 aliphatic carbocycles. The van der Waals surface area contributed by atoms with Crippen molar-refractivity contribution in [2.75, 3.05) is 39.8 Å². The van der Waals surface area contributed by atoms with E-state index in [0.717, 1.165) is 45.6 Å². The van der Waals surface area contributed by atoms with E-state index in [4.69, 9.17) is 10.5 Å². The van der Waals surface area contributed by atoms with E-state index in [-0.39, 0.29) is 5.91 Å². The van der Waals surface area contributed by atoms with Gasteiger partial charge < -0.3 is 15.4 Å². The van der Waals surface area contributed by atoms with Crippen molar-refractivity contribution in [1.82, 2.24) is 9.80 Å². The molecule has 1 heterocycles. The van der Waals surface area contributed by atoms with Crippen LogP contribution in [0.3, 0.4) is 0 Å². The largest absolute Gasteiger partial charge is 0.369 e. The first-order valence-corrected chi connectivity index (χ1v) is 7.81. The topological polar surface area (TPSA) is 58.8 Å². The van der Waals surface area contributed by atoms with E-state index in [1.165, 1.54) is 0 Å². The van der Waals surface area contributed by atoms with Crippen molar-refractivity contribution >= 4 is 5.91 Å². The highest BCUT2D eigenvalue weighted by molar-refractivity contribution is 5.84. The Hall–Kier alpha value is -0.650. The average molecular weight is 285 g/mol. The van der Waals surface area contributed by atoms with E-state index < -0.39 is 5.60 Å². The normalized spacial score (nSPS) is 21.6. The maximum absolute atomic E-state index is 12.5. The van der Waals surface area contributed by atoms with Crippen LogP contribution in [0.5, 0.6) is 0 Å². The summed E-state index contributed by atoms with van der Waals surface area (Å²) in [4.78, 5) is 16.9. The van der Waals surface area contributed by atoms with Crippen LogP contribution in [0.1, 0.15) is 40.0 Å². The molecule has 20 heavy (non-hydrogen) atoms. The van der Waals surface area contributed by atoms with Gasteiger partial charge in [0.2, 0.25) is 0 Å². The molecule has 0 bridgehead atoms. The lowest BCUT2D eigenvalue weighted by atomic mass is 10.0. The molecule has 0 radical (unpaired) electrons. The lowest BCUT2D eigenvalue weighted by molar-refractivity contribution is -0.155. The van der Waals surface area contributed by atoms with Gasteiger partial charge >= 0.3 is 0 Å². The second kappa shape index (κ2) is 7.96. The first-order chi connectivity index (χ1) is 9.52. The number of carbonyl (C=O) groups is 1. The second-order valence-corrected chi connectivity index (χ2v) is 5.76. The van der Waals surface area contributed by atoms with Gasteiger partial charge in [-0.25, -0.2) is 0 Å². The molecule has 0 saturated carbocycles. The summed E-state index contributed by atoms with van der Waals surface area (Å²) >= 11 is 0. The van der Waals surface area contributed by atoms with Gasteiger partial charge in [0.05, 0.1) is 0 Å². The van der Waals surface area contributed by atoms with E-state index in [2.05, 4.69) is 11.8 Å². The van der Waals surface area contributed by atoms with Gasteiger partial charge in [-0.15, -0.1) is 0 Å². The first-order valence-electron chi connectivity index (χ1n) is 7.81. The summed E-state index contributed by atoms with van der Waals surface area (Å²) in [6, 6.07) is 0.553. The van der Waals surface area contributed by atoms with Crippen molar-refractivity contribution in [3.63, 3.8) is 0 Å². The highest BCUT2D eigenvalue weighted by Crippen LogP contribution is 2.20. The highest BCUT2D eigenvalue weighted by Gasteiger charge is 2.36. The summed E-state index contributed by atoms with van der Waals surface area (Å²) < 4.78 is 5.41. The molecule has 1 saturated heterocycles. The number of hydrogen-bond acceptors (Lipinski definition) is 4. The third-order valence-electron chi connectivity index (χ3n) is 4.67. The fourth-order valence-corrected chi connectivity index (χ4v) is 2.84. The smallest absolute Gasteiger partial charge is 0.254 e. The van der Waals surface area contributed by atoms with E-state index in [0.29, 0.717) is 12.5 Å². The first kappa shape index (κ1) is 17.4. The Kier molecular flexibility index (Phi) is 6.92. The molecule has 2 unspecified atom stereocenters. The van der Waals surface area contributed by atoms with Gasteiger partial charge in [-0.05, 0) is 32.7 Å². The predicted octanol–water partition coefficient (Wildman–Crippen LogP) is 1.07. The molecule has 0 aromatic carbocycles. The molecular formula is C15H31N3O2. The standard InChI is InChI=1S/C15H31N3O2/c1-5-13(7-8-16)17-9-11-18(12-10-17)14(19)15(3,6-2)20-4/h13H,5-12,16H2,1-4H3. The van der Waals surface area contributed by atoms with E-state index in [9.17, 15) is 4.79 Å². The highest BCUT2D eigenvalue weighted by atomic mass is 16.5. The maximum Gasteiger partial charge on any atom is 0.254 e. The monoisotopic (exact) mass is 285 g/mol. The molecule has 0 spiro atoms. The molecule has 5 nitrogen and oxygen atoms in total. The van der Waals surface area contributed by atoms with Crippen LogP contribution in [0.2, 0.25) is 0 Å². The molecule has 1 rings (SSSR count). The molecule has 0 aromatic heterocycles. The number of rotatable bonds is 7. The van der Waals surface area contributed by atoms with Crippen LogP contribution >= 0.6 is 0 Å². The molecule has 0 aromatic rings. The Morgan fingerprint density at radius 2 is 1.90 bits per heavy atom. The Bertz CT molecular complexity index is 297. The van der Waals surface area contributed by atoms with Crippen molar-refractivity contribution in [3.05, 3.63) is 0 Å². The number of carbonyl (C=O) groups excluding carboxylic acids is 1. The van der Waals surface area contributed by atoms with Gasteiger partial charge in [0.15, 0.2) is 0 Å². The SMILES string of the molecule is CCC(CCN)N1CCN(C(=O)C(C)(CC)OC)CC1. The van der Waals surface area contributed by atoms with Gasteiger partial charge in [0, 0.05) is 39.3 Å². The van der Waals surface area contributed by atoms with Crippen LogP contribution in [0.15, 0.2) is 0 Å². The quantitative estimate of drug-likeness (QED) is 0.760. The summed E-state index contributed by atoms with van der Waals surface area (Å²) in [5, 5.41) is 0. The van der Waals surface area contributed by atoms with Crippen LogP contribution in [0, 0.1) is 0 Å². The lowest BCUT2D eigenvalue weighted by Gasteiger charge is -2.41. The summed E-state index contributed by atoms with van der Waals surface area (Å²) in [5.41, 5.74) is 5.00. The van der Waals surface area contributed by atoms with Crippen LogP contribution < -0.4 is 5.73 Å². The Morgan fingerprint density at radius 1 is 1.30 bits per heavy atom. The molecule has 2 N–H and O–H groups in total. The molecule has 5 heteroatoms. The van der Waals surface area contributed by atoms with E-state index in [1.807, 2.05) is 18.7 Å². The van der Waals surface area contributed by atoms with Crippen LogP contribution in [0.4, 0.5) is 0 Å². The maximum atomic E-state index is 12.5. The van der Waals surface area contributed by atoms with Gasteiger partial charge in [-0.1, -0.05) is 13.8 Å². The molecule has 1 aliphatic heterocycles. The third-order valence-corrected chi connectivity index (χ3v) is 4.67. The van der Waals surface area contributed by atoms with Crippen molar-refractivity contribution < 1.29 is 9.53 Å². The van der Waals surface area contributed by atoms with Gasteiger partial charge in [0.1, 0.15) is 5.60 Å².